The lowest BCUT2D eigenvalue weighted by atomic mass is 15.6. The van der Waals surface area contributed by atoms with E-state index in [-0.39, 0.29) is 0 Å². The van der Waals surface area contributed by atoms with E-state index in [1.165, 1.54) is 0 Å². The molecule has 0 amide bonds. The molecule has 49 valence electrons. The highest BCUT2D eigenvalue weighted by molar-refractivity contribution is 6.61. The first-order chi connectivity index (χ1) is 3.68. The van der Waals surface area contributed by atoms with E-state index in [0.717, 1.165) is 0 Å². The summed E-state index contributed by atoms with van der Waals surface area (Å²) in [5, 5.41) is 0. The van der Waals surface area contributed by atoms with E-state index in [9.17, 15) is 4.80 Å². The maximum absolute atomic E-state index is 10.8. The molecule has 8 heavy (non-hydrogen) atoms. The minimum Gasteiger partial charge on any atom is -0.403 e. The zero-order valence-corrected chi connectivity index (χ0v) is 12.1. The van der Waals surface area contributed by atoms with Gasteiger partial charge in [0.05, 0.1) is 0 Å². The molecule has 8 heteroatoms. The van der Waals surface area contributed by atoms with E-state index in [1.807, 2.05) is 0 Å². The molecule has 0 aromatic rings. The second-order valence-corrected chi connectivity index (χ2v) is 7.01. The van der Waals surface area contributed by atoms with Crippen LogP contribution in [0.15, 0.2) is 0 Å². The van der Waals surface area contributed by atoms with Crippen LogP contribution in [0.3, 0.4) is 0 Å². The van der Waals surface area contributed by atoms with Gasteiger partial charge >= 0.3 is 9.05 Å². The van der Waals surface area contributed by atoms with E-state index in [2.05, 4.69) is 12.3 Å². The number of hydrogen-bond acceptors (Lipinski definition) is 3. The van der Waals surface area contributed by atoms with Gasteiger partial charge in [0, 0.05) is 0 Å². The van der Waals surface area contributed by atoms with Crippen LogP contribution < -0.4 is 0 Å². The molecule has 0 heterocycles. The summed E-state index contributed by atoms with van der Waals surface area (Å²) in [5.41, 5.74) is 0. The second kappa shape index (κ2) is 3.68. The van der Waals surface area contributed by atoms with Crippen molar-refractivity contribution in [1.29, 1.82) is 0 Å². The van der Waals surface area contributed by atoms with Crippen molar-refractivity contribution in [3.63, 3.8) is 0 Å². The van der Waals surface area contributed by atoms with Gasteiger partial charge in [-0.3, -0.25) is 0 Å². The third kappa shape index (κ3) is 2.32. The fraction of sp³-hybridized carbons (Fsp3) is 0. The summed E-state index contributed by atoms with van der Waals surface area (Å²) in [6.07, 6.45) is 0. The molecule has 1 radical (unpaired) electrons. The van der Waals surface area contributed by atoms with Crippen molar-refractivity contribution >= 4 is 40.5 Å². The van der Waals surface area contributed by atoms with E-state index in [4.69, 9.17) is 0 Å². The molecule has 0 saturated carbocycles. The van der Waals surface area contributed by atoms with Crippen molar-refractivity contribution < 1.29 is 17.1 Å². The summed E-state index contributed by atoms with van der Waals surface area (Å²) in [6.45, 7) is 0. The van der Waals surface area contributed by atoms with Crippen molar-refractivity contribution in [3.8, 4) is 0 Å². The Morgan fingerprint density at radius 1 is 1.00 bits per heavy atom. The van der Waals surface area contributed by atoms with Crippen molar-refractivity contribution in [3.05, 3.63) is 0 Å². The summed E-state index contributed by atoms with van der Waals surface area (Å²) in [4.78, 5) is 10.8. The van der Waals surface area contributed by atoms with Crippen LogP contribution in [0, 0.1) is 0 Å². The molecule has 0 aromatic carbocycles. The van der Waals surface area contributed by atoms with E-state index >= 15 is 0 Å². The summed E-state index contributed by atoms with van der Waals surface area (Å²) >= 11 is 0. The molecule has 0 aliphatic carbocycles. The van der Waals surface area contributed by atoms with Crippen LogP contribution in [0.25, 0.3) is 0 Å². The molecule has 0 unspecified atom stereocenters. The maximum Gasteiger partial charge on any atom is 0.673 e. The van der Waals surface area contributed by atoms with E-state index in [0.29, 0.717) is 31.5 Å². The van der Waals surface area contributed by atoms with Gasteiger partial charge in [-0.1, -0.05) is 0 Å². The van der Waals surface area contributed by atoms with Crippen molar-refractivity contribution in [2.75, 3.05) is 0 Å². The highest BCUT2D eigenvalue weighted by Gasteiger charge is 2.36. The molecule has 4 nitrogen and oxygen atoms in total. The standard InChI is InChI=1S/H9O4Si4/c1-8(2-5,3-6)4-7/h5-7H3. The fourth-order valence-corrected chi connectivity index (χ4v) is 6.75. The third-order valence-corrected chi connectivity index (χ3v) is 6.75. The molecule has 0 aromatic heterocycles. The Bertz CT molecular complexity index is 50.8. The average molecular weight is 185 g/mol. The summed E-state index contributed by atoms with van der Waals surface area (Å²) < 4.78 is 13.8. The molecule has 0 fully saturated rings. The predicted octanol–water partition coefficient (Wildman–Crippen LogP) is -4.26. The number of hydrogen-bond donors (Lipinski definition) is 0. The first kappa shape index (κ1) is 8.71. The largest absolute Gasteiger partial charge is 0.673 e. The summed E-state index contributed by atoms with van der Waals surface area (Å²) in [5.74, 6) is 0. The molecule has 0 N–H and O–H groups in total. The van der Waals surface area contributed by atoms with Gasteiger partial charge in [0.25, 0.3) is 0 Å². The second-order valence-electron chi connectivity index (χ2n) is 1.11. The highest BCUT2D eigenvalue weighted by atomic mass is 28.5. The molecule has 0 rings (SSSR count). The normalized spacial score (nSPS) is 19.1. The quantitative estimate of drug-likeness (QED) is 0.419. The van der Waals surface area contributed by atoms with Gasteiger partial charge in [0.15, 0.2) is 0 Å². The molecular formula is H9O4Si4. The zero-order valence-electron chi connectivity index (χ0n) is 5.13. The molecule has 0 aliphatic rings. The van der Waals surface area contributed by atoms with Crippen LogP contribution in [-0.2, 0) is 17.1 Å². The summed E-state index contributed by atoms with van der Waals surface area (Å²) in [6, 6.07) is 0. The Morgan fingerprint density at radius 2 is 1.25 bits per heavy atom. The van der Waals surface area contributed by atoms with Crippen LogP contribution in [0.4, 0.5) is 0 Å². The first-order valence-corrected chi connectivity index (χ1v) is 6.12. The first-order valence-electron chi connectivity index (χ1n) is 2.04. The van der Waals surface area contributed by atoms with Crippen LogP contribution >= 0.6 is 0 Å². The van der Waals surface area contributed by atoms with Crippen molar-refractivity contribution in [2.24, 2.45) is 0 Å². The van der Waals surface area contributed by atoms with Gasteiger partial charge < -0.3 is 12.3 Å². The topological polar surface area (TPSA) is 47.6 Å². The Morgan fingerprint density at radius 3 is 1.25 bits per heavy atom. The van der Waals surface area contributed by atoms with Gasteiger partial charge in [-0.25, -0.2) is 4.80 Å². The minimum atomic E-state index is -3.24. The van der Waals surface area contributed by atoms with Gasteiger partial charge in [-0.15, -0.1) is 0 Å². The lowest BCUT2D eigenvalue weighted by Crippen LogP contribution is -2.42. The van der Waals surface area contributed by atoms with E-state index < -0.39 is 9.05 Å². The Hall–Kier alpha value is 0.708. The van der Waals surface area contributed by atoms with Crippen LogP contribution in [0.2, 0.25) is 0 Å². The Labute approximate surface area is 58.3 Å². The predicted molar refractivity (Wildman–Crippen MR) is 39.5 cm³/mol. The SMILES string of the molecule is [O][Si](O[SiH3])(O[SiH3])O[SiH3]. The van der Waals surface area contributed by atoms with Gasteiger partial charge in [0.1, 0.15) is 31.5 Å². The van der Waals surface area contributed by atoms with Gasteiger partial charge in [-0.2, -0.15) is 0 Å². The van der Waals surface area contributed by atoms with Crippen LogP contribution in [-0.4, -0.2) is 40.5 Å². The molecule has 0 spiro atoms. The van der Waals surface area contributed by atoms with Crippen LogP contribution in [0.5, 0.6) is 0 Å². The maximum atomic E-state index is 10.8. The molecule has 0 saturated heterocycles. The number of rotatable bonds is 3. The molecule has 0 aliphatic heterocycles. The fourth-order valence-electron chi connectivity index (χ4n) is 0.250. The molecule has 0 atom stereocenters. The van der Waals surface area contributed by atoms with E-state index in [1.54, 1.807) is 0 Å². The minimum absolute atomic E-state index is 0.410. The monoisotopic (exact) mass is 185 g/mol. The average Bonchev–Trinajstić information content (AvgIpc) is 1.87. The molecular weight excluding hydrogens is 176 g/mol. The lowest BCUT2D eigenvalue weighted by Gasteiger charge is -2.14. The zero-order chi connectivity index (χ0) is 6.62. The Kier molecular flexibility index (Phi) is 4.01. The Balaban J connectivity index is 3.58. The van der Waals surface area contributed by atoms with Gasteiger partial charge in [0.2, 0.25) is 0 Å². The molecule has 0 bridgehead atoms. The smallest absolute Gasteiger partial charge is 0.403 e. The lowest BCUT2D eigenvalue weighted by molar-refractivity contribution is 0.129. The van der Waals surface area contributed by atoms with Crippen LogP contribution in [0.1, 0.15) is 0 Å². The summed E-state index contributed by atoms with van der Waals surface area (Å²) in [7, 11) is -2.01. The third-order valence-electron chi connectivity index (χ3n) is 0.750. The van der Waals surface area contributed by atoms with Gasteiger partial charge in [-0.05, 0) is 0 Å². The van der Waals surface area contributed by atoms with Crippen molar-refractivity contribution in [2.45, 2.75) is 0 Å². The van der Waals surface area contributed by atoms with Crippen molar-refractivity contribution in [1.82, 2.24) is 0 Å². The highest BCUT2D eigenvalue weighted by Crippen LogP contribution is 1.97.